The van der Waals surface area contributed by atoms with Crippen molar-refractivity contribution in [1.82, 2.24) is 19.9 Å². The number of halogens is 3. The van der Waals surface area contributed by atoms with Crippen LogP contribution < -0.4 is 15.6 Å². The number of rotatable bonds is 8. The van der Waals surface area contributed by atoms with E-state index in [9.17, 15) is 23.2 Å². The lowest BCUT2D eigenvalue weighted by molar-refractivity contribution is -0.163. The minimum absolute atomic E-state index is 0.0187. The van der Waals surface area contributed by atoms with Gasteiger partial charge in [0.1, 0.15) is 37.2 Å². The summed E-state index contributed by atoms with van der Waals surface area (Å²) in [5, 5.41) is 12.1. The van der Waals surface area contributed by atoms with Gasteiger partial charge in [0.25, 0.3) is 17.4 Å². The molecule has 1 aliphatic heterocycles. The molecule has 2 N–H and O–H groups in total. The summed E-state index contributed by atoms with van der Waals surface area (Å²) in [7, 11) is 0. The van der Waals surface area contributed by atoms with E-state index in [4.69, 9.17) is 26.3 Å². The summed E-state index contributed by atoms with van der Waals surface area (Å²) in [6, 6.07) is 6.62. The molecule has 0 aliphatic carbocycles. The quantitative estimate of drug-likeness (QED) is 0.452. The van der Waals surface area contributed by atoms with Crippen molar-refractivity contribution in [2.75, 3.05) is 19.8 Å². The van der Waals surface area contributed by atoms with Crippen LogP contribution in [0.25, 0.3) is 5.69 Å². The van der Waals surface area contributed by atoms with Crippen LogP contribution in [0.15, 0.2) is 47.5 Å². The Morgan fingerprint density at radius 2 is 2.05 bits per heavy atom. The zero-order valence-electron chi connectivity index (χ0n) is 19.4. The number of aryl methyl sites for hydroxylation is 1. The first-order valence-corrected chi connectivity index (χ1v) is 11.4. The number of hydrogen-bond acceptors (Lipinski definition) is 7. The van der Waals surface area contributed by atoms with E-state index in [1.165, 1.54) is 18.2 Å². The van der Waals surface area contributed by atoms with Gasteiger partial charge in [-0.1, -0.05) is 17.7 Å². The number of hydrogen-bond donors (Lipinski definition) is 2. The molecule has 1 saturated heterocycles. The summed E-state index contributed by atoms with van der Waals surface area (Å²) in [5.41, 5.74) is 0.422. The first-order valence-electron chi connectivity index (χ1n) is 11.0. The highest BCUT2D eigenvalue weighted by atomic mass is 35.5. The third-order valence-electron chi connectivity index (χ3n) is 5.54. The number of hydroxylamine groups is 2. The zero-order chi connectivity index (χ0) is 26.7. The maximum Gasteiger partial charge on any atom is 0.280 e. The molecule has 1 atom stereocenters. The molecule has 2 amide bonds. The lowest BCUT2D eigenvalue weighted by Crippen LogP contribution is -2.43. The van der Waals surface area contributed by atoms with E-state index in [-0.39, 0.29) is 48.4 Å². The van der Waals surface area contributed by atoms with Gasteiger partial charge in [-0.05, 0) is 36.8 Å². The first kappa shape index (κ1) is 26.2. The fraction of sp³-hybridized carbons (Fsp3) is 0.250. The van der Waals surface area contributed by atoms with Crippen molar-refractivity contribution in [1.29, 1.82) is 0 Å². The Morgan fingerprint density at radius 3 is 2.78 bits per heavy atom. The number of β-amino-alcohol motifs (C(OH)–C–C–N with tert-alkyl or cyclic N) is 1. The molecule has 0 radical (unpaired) electrons. The maximum atomic E-state index is 13.9. The van der Waals surface area contributed by atoms with Crippen molar-refractivity contribution in [2.45, 2.75) is 19.6 Å². The van der Waals surface area contributed by atoms with Crippen molar-refractivity contribution in [3.63, 3.8) is 0 Å². The van der Waals surface area contributed by atoms with Crippen LogP contribution in [-0.2, 0) is 16.2 Å². The summed E-state index contributed by atoms with van der Waals surface area (Å²) < 4.78 is 33.4. The number of nitrogens with zero attached hydrogens (tertiary/aromatic N) is 3. The number of benzene rings is 2. The van der Waals surface area contributed by atoms with E-state index in [2.05, 4.69) is 10.3 Å². The van der Waals surface area contributed by atoms with Gasteiger partial charge in [0, 0.05) is 17.2 Å². The number of aliphatic hydroxyl groups is 1. The number of carbonyl (C=O) groups excluding carboxylic acids is 2. The molecule has 0 spiro atoms. The molecule has 13 heteroatoms. The SMILES string of the molecule is Cc1ccc(C(=O)NC2CON(CCO)C2=O)cc1-n1cnc(OCc2ccc(F)cc2F)c(Cl)c1=O. The molecule has 3 aromatic rings. The molecule has 4 rings (SSSR count). The number of carbonyl (C=O) groups is 2. The number of amides is 2. The lowest BCUT2D eigenvalue weighted by atomic mass is 10.1. The van der Waals surface area contributed by atoms with Gasteiger partial charge in [-0.25, -0.2) is 18.8 Å². The van der Waals surface area contributed by atoms with Crippen molar-refractivity contribution < 1.29 is 33.1 Å². The molecule has 1 aromatic heterocycles. The summed E-state index contributed by atoms with van der Waals surface area (Å²) in [6.07, 6.45) is 1.15. The molecule has 10 nitrogen and oxygen atoms in total. The van der Waals surface area contributed by atoms with E-state index in [0.717, 1.165) is 22.0 Å². The van der Waals surface area contributed by atoms with Crippen LogP contribution in [0.3, 0.4) is 0 Å². The Bertz CT molecular complexity index is 1420. The van der Waals surface area contributed by atoms with Crippen molar-refractivity contribution in [2.24, 2.45) is 0 Å². The predicted octanol–water partition coefficient (Wildman–Crippen LogP) is 1.92. The second kappa shape index (κ2) is 11.0. The van der Waals surface area contributed by atoms with Crippen LogP contribution in [0.1, 0.15) is 21.5 Å². The average Bonchev–Trinajstić information content (AvgIpc) is 3.20. The van der Waals surface area contributed by atoms with Gasteiger partial charge in [-0.15, -0.1) is 0 Å². The second-order valence-corrected chi connectivity index (χ2v) is 8.43. The van der Waals surface area contributed by atoms with Crippen LogP contribution in [0.2, 0.25) is 5.02 Å². The maximum absolute atomic E-state index is 13.9. The Morgan fingerprint density at radius 1 is 1.27 bits per heavy atom. The van der Waals surface area contributed by atoms with Crippen LogP contribution in [0.4, 0.5) is 8.78 Å². The fourth-order valence-electron chi connectivity index (χ4n) is 3.57. The van der Waals surface area contributed by atoms with Gasteiger partial charge < -0.3 is 15.2 Å². The van der Waals surface area contributed by atoms with Gasteiger partial charge >= 0.3 is 0 Å². The van der Waals surface area contributed by atoms with Gasteiger partial charge in [0.05, 0.1) is 18.8 Å². The normalized spacial score (nSPS) is 15.2. The molecule has 0 saturated carbocycles. The summed E-state index contributed by atoms with van der Waals surface area (Å²) >= 11 is 6.18. The van der Waals surface area contributed by atoms with E-state index in [0.29, 0.717) is 17.3 Å². The van der Waals surface area contributed by atoms with Crippen LogP contribution in [-0.4, -0.2) is 57.3 Å². The molecule has 2 heterocycles. The van der Waals surface area contributed by atoms with E-state index < -0.39 is 35.0 Å². The largest absolute Gasteiger partial charge is 0.471 e. The highest BCUT2D eigenvalue weighted by Crippen LogP contribution is 2.22. The van der Waals surface area contributed by atoms with Gasteiger partial charge in [-0.3, -0.25) is 23.8 Å². The first-order chi connectivity index (χ1) is 17.7. The van der Waals surface area contributed by atoms with Crippen LogP contribution >= 0.6 is 11.6 Å². The lowest BCUT2D eigenvalue weighted by Gasteiger charge is -2.15. The third-order valence-corrected chi connectivity index (χ3v) is 5.87. The van der Waals surface area contributed by atoms with Crippen molar-refractivity contribution >= 4 is 23.4 Å². The Kier molecular flexibility index (Phi) is 7.81. The Labute approximate surface area is 214 Å². The van der Waals surface area contributed by atoms with Crippen molar-refractivity contribution in [3.05, 3.63) is 86.4 Å². The standard InChI is InChI=1S/C24H21ClF2N4O6/c1-13-2-3-14(21(33)29-18-11-37-31(6-7-32)23(18)34)8-19(13)30-12-28-22(20(25)24(30)35)36-10-15-4-5-16(26)9-17(15)27/h2-5,8-9,12,18,32H,6-7,10-11H2,1H3,(H,29,33). The molecule has 1 fully saturated rings. The molecule has 1 aliphatic rings. The molecule has 0 bridgehead atoms. The minimum atomic E-state index is -0.926. The summed E-state index contributed by atoms with van der Waals surface area (Å²) in [6.45, 7) is 0.989. The number of ether oxygens (including phenoxy) is 1. The Hall–Kier alpha value is -3.87. The van der Waals surface area contributed by atoms with Crippen molar-refractivity contribution in [3.8, 4) is 11.6 Å². The highest BCUT2D eigenvalue weighted by molar-refractivity contribution is 6.31. The number of aliphatic hydroxyl groups excluding tert-OH is 1. The molecule has 37 heavy (non-hydrogen) atoms. The van der Waals surface area contributed by atoms with Gasteiger partial charge in [0.15, 0.2) is 5.02 Å². The smallest absolute Gasteiger partial charge is 0.280 e. The van der Waals surface area contributed by atoms with Gasteiger partial charge in [0.2, 0.25) is 5.88 Å². The molecule has 1 unspecified atom stereocenters. The highest BCUT2D eigenvalue weighted by Gasteiger charge is 2.34. The number of aromatic nitrogens is 2. The average molecular weight is 535 g/mol. The monoisotopic (exact) mass is 534 g/mol. The molecule has 194 valence electrons. The topological polar surface area (TPSA) is 123 Å². The second-order valence-electron chi connectivity index (χ2n) is 8.05. The van der Waals surface area contributed by atoms with Crippen LogP contribution in [0.5, 0.6) is 5.88 Å². The zero-order valence-corrected chi connectivity index (χ0v) is 20.2. The van der Waals surface area contributed by atoms with E-state index in [1.807, 2.05) is 0 Å². The molecule has 2 aromatic carbocycles. The summed E-state index contributed by atoms with van der Waals surface area (Å²) in [5.74, 6) is -2.87. The fourth-order valence-corrected chi connectivity index (χ4v) is 3.76. The predicted molar refractivity (Wildman–Crippen MR) is 126 cm³/mol. The van der Waals surface area contributed by atoms with E-state index in [1.54, 1.807) is 13.0 Å². The van der Waals surface area contributed by atoms with Gasteiger partial charge in [-0.2, -0.15) is 0 Å². The summed E-state index contributed by atoms with van der Waals surface area (Å²) in [4.78, 5) is 47.2. The molecular weight excluding hydrogens is 514 g/mol. The molecular formula is C24H21ClF2N4O6. The third kappa shape index (κ3) is 5.61. The Balaban J connectivity index is 1.53. The number of nitrogens with one attached hydrogen (secondary N) is 1. The van der Waals surface area contributed by atoms with E-state index >= 15 is 0 Å². The minimum Gasteiger partial charge on any atom is -0.471 e. The van der Waals surface area contributed by atoms with Crippen LogP contribution in [0, 0.1) is 18.6 Å².